The molecule has 0 aliphatic carbocycles. The van der Waals surface area contributed by atoms with Gasteiger partial charge in [0, 0.05) is 47.3 Å². The first-order valence-corrected chi connectivity index (χ1v) is 10.7. The van der Waals surface area contributed by atoms with Crippen molar-refractivity contribution in [3.63, 3.8) is 0 Å². The minimum Gasteiger partial charge on any atom is -0.345 e. The van der Waals surface area contributed by atoms with Crippen LogP contribution in [0.2, 0.25) is 0 Å². The largest absolute Gasteiger partial charge is 0.345 e. The maximum Gasteiger partial charge on any atom is 0.229 e. The van der Waals surface area contributed by atoms with Crippen LogP contribution in [0.3, 0.4) is 0 Å². The Hall–Kier alpha value is -2.99. The summed E-state index contributed by atoms with van der Waals surface area (Å²) in [4.78, 5) is 26.9. The molecule has 0 saturated carbocycles. The molecule has 0 spiro atoms. The predicted octanol–water partition coefficient (Wildman–Crippen LogP) is 5.75. The van der Waals surface area contributed by atoms with Gasteiger partial charge in [-0.3, -0.25) is 9.69 Å². The molecule has 29 heavy (non-hydrogen) atoms. The smallest absolute Gasteiger partial charge is 0.229 e. The van der Waals surface area contributed by atoms with E-state index in [1.54, 1.807) is 4.90 Å². The van der Waals surface area contributed by atoms with Gasteiger partial charge < -0.3 is 4.98 Å². The number of carbonyl (C=O) groups is 1. The molecule has 0 bridgehead atoms. The van der Waals surface area contributed by atoms with Crippen molar-refractivity contribution in [3.05, 3.63) is 54.2 Å². The summed E-state index contributed by atoms with van der Waals surface area (Å²) >= 11 is 1.50. The molecule has 0 radical (unpaired) electrons. The molecule has 5 nitrogen and oxygen atoms in total. The number of nitrogens with zero attached hydrogens (tertiary/aromatic N) is 3. The molecular weight excluding hydrogens is 380 g/mol. The van der Waals surface area contributed by atoms with E-state index in [0.717, 1.165) is 38.5 Å². The lowest BCUT2D eigenvalue weighted by atomic mass is 10.1. The highest BCUT2D eigenvalue weighted by molar-refractivity contribution is 7.14. The molecule has 0 unspecified atom stereocenters. The quantitative estimate of drug-likeness (QED) is 0.445. The van der Waals surface area contributed by atoms with E-state index in [4.69, 9.17) is 4.98 Å². The summed E-state index contributed by atoms with van der Waals surface area (Å²) < 4.78 is 0. The van der Waals surface area contributed by atoms with Crippen LogP contribution in [0.4, 0.5) is 5.13 Å². The van der Waals surface area contributed by atoms with Gasteiger partial charge in [-0.2, -0.15) is 0 Å². The van der Waals surface area contributed by atoms with Crippen molar-refractivity contribution in [1.29, 1.82) is 0 Å². The number of aromatic nitrogens is 3. The Labute approximate surface area is 174 Å². The zero-order valence-corrected chi connectivity index (χ0v) is 17.7. The van der Waals surface area contributed by atoms with Gasteiger partial charge in [0.1, 0.15) is 5.65 Å². The third kappa shape index (κ3) is 3.93. The van der Waals surface area contributed by atoms with Gasteiger partial charge in [-0.05, 0) is 24.5 Å². The number of nitrogens with one attached hydrogen (secondary N) is 1. The monoisotopic (exact) mass is 404 g/mol. The molecule has 0 aliphatic heterocycles. The van der Waals surface area contributed by atoms with Gasteiger partial charge in [-0.1, -0.05) is 44.2 Å². The lowest BCUT2D eigenvalue weighted by molar-refractivity contribution is -0.119. The van der Waals surface area contributed by atoms with Crippen molar-refractivity contribution in [2.75, 3.05) is 11.4 Å². The van der Waals surface area contributed by atoms with Crippen LogP contribution < -0.4 is 4.90 Å². The van der Waals surface area contributed by atoms with Gasteiger partial charge >= 0.3 is 0 Å². The SMILES string of the molecule is CCN(C(=O)CC(C)C)c1nc(-c2c[nH]c3ncc(-c4ccccc4)cc23)cs1. The maximum atomic E-state index is 12.6. The molecule has 4 rings (SSSR count). The van der Waals surface area contributed by atoms with E-state index in [2.05, 4.69) is 42.0 Å². The highest BCUT2D eigenvalue weighted by Gasteiger charge is 2.20. The van der Waals surface area contributed by atoms with Crippen LogP contribution in [-0.4, -0.2) is 27.4 Å². The fraction of sp³-hybridized carbons (Fsp3) is 0.261. The Balaban J connectivity index is 1.69. The van der Waals surface area contributed by atoms with Crippen molar-refractivity contribution in [3.8, 4) is 22.4 Å². The molecule has 1 aromatic carbocycles. The predicted molar refractivity (Wildman–Crippen MR) is 120 cm³/mol. The Bertz CT molecular complexity index is 1130. The number of hydrogen-bond acceptors (Lipinski definition) is 4. The number of benzene rings is 1. The van der Waals surface area contributed by atoms with E-state index < -0.39 is 0 Å². The van der Waals surface area contributed by atoms with E-state index >= 15 is 0 Å². The number of carbonyl (C=O) groups excluding carboxylic acids is 1. The van der Waals surface area contributed by atoms with Crippen molar-refractivity contribution in [2.45, 2.75) is 27.2 Å². The number of amides is 1. The average molecular weight is 405 g/mol. The third-order valence-corrected chi connectivity index (χ3v) is 5.70. The van der Waals surface area contributed by atoms with Gasteiger partial charge in [-0.25, -0.2) is 9.97 Å². The van der Waals surface area contributed by atoms with Crippen LogP contribution in [0, 0.1) is 5.92 Å². The van der Waals surface area contributed by atoms with Crippen LogP contribution in [0.5, 0.6) is 0 Å². The zero-order valence-electron chi connectivity index (χ0n) is 16.8. The first-order valence-electron chi connectivity index (χ1n) is 9.85. The summed E-state index contributed by atoms with van der Waals surface area (Å²) in [6, 6.07) is 12.4. The van der Waals surface area contributed by atoms with Gasteiger partial charge in [0.15, 0.2) is 5.13 Å². The van der Waals surface area contributed by atoms with E-state index in [9.17, 15) is 4.79 Å². The molecular formula is C23H24N4OS. The topological polar surface area (TPSA) is 61.9 Å². The molecule has 6 heteroatoms. The molecule has 148 valence electrons. The van der Waals surface area contributed by atoms with E-state index in [-0.39, 0.29) is 5.91 Å². The summed E-state index contributed by atoms with van der Waals surface area (Å²) in [5, 5.41) is 3.78. The van der Waals surface area contributed by atoms with Crippen LogP contribution in [0.15, 0.2) is 54.2 Å². The number of thiazole rings is 1. The molecule has 3 heterocycles. The van der Waals surface area contributed by atoms with E-state index in [1.807, 2.05) is 42.9 Å². The Kier molecular flexibility index (Phi) is 5.45. The molecule has 1 N–H and O–H groups in total. The molecule has 4 aromatic rings. The van der Waals surface area contributed by atoms with Gasteiger partial charge in [0.25, 0.3) is 0 Å². The number of pyridine rings is 1. The minimum atomic E-state index is 0.121. The minimum absolute atomic E-state index is 0.121. The summed E-state index contributed by atoms with van der Waals surface area (Å²) in [6.45, 7) is 6.72. The normalized spacial score (nSPS) is 11.3. The first-order chi connectivity index (χ1) is 14.1. The number of fused-ring (bicyclic) bond motifs is 1. The van der Waals surface area contributed by atoms with Crippen LogP contribution in [-0.2, 0) is 4.79 Å². The zero-order chi connectivity index (χ0) is 20.4. The standard InChI is InChI=1S/C23H24N4OS/c1-4-27(21(28)10-15(2)3)23-26-20(14-29-23)19-13-25-22-18(19)11-17(12-24-22)16-8-6-5-7-9-16/h5-9,11-15H,4,10H2,1-3H3,(H,24,25). The van der Waals surface area contributed by atoms with Crippen LogP contribution >= 0.6 is 11.3 Å². The van der Waals surface area contributed by atoms with E-state index in [0.29, 0.717) is 18.9 Å². The summed E-state index contributed by atoms with van der Waals surface area (Å²) in [5.74, 6) is 0.447. The number of hydrogen-bond donors (Lipinski definition) is 1. The highest BCUT2D eigenvalue weighted by Crippen LogP contribution is 2.34. The first kappa shape index (κ1) is 19.3. The number of aromatic amines is 1. The number of anilines is 1. The summed E-state index contributed by atoms with van der Waals surface area (Å²) in [7, 11) is 0. The molecule has 0 saturated heterocycles. The maximum absolute atomic E-state index is 12.6. The highest BCUT2D eigenvalue weighted by atomic mass is 32.1. The Morgan fingerprint density at radius 3 is 2.72 bits per heavy atom. The fourth-order valence-corrected chi connectivity index (χ4v) is 4.30. The van der Waals surface area contributed by atoms with Gasteiger partial charge in [0.05, 0.1) is 5.69 Å². The summed E-state index contributed by atoms with van der Waals surface area (Å²) in [6.07, 6.45) is 4.35. The van der Waals surface area contributed by atoms with Crippen LogP contribution in [0.1, 0.15) is 27.2 Å². The second-order valence-corrected chi connectivity index (χ2v) is 8.28. The number of H-pyrrole nitrogens is 1. The van der Waals surface area contributed by atoms with E-state index in [1.165, 1.54) is 11.3 Å². The van der Waals surface area contributed by atoms with Crippen molar-refractivity contribution in [2.24, 2.45) is 5.92 Å². The molecule has 0 aliphatic rings. The van der Waals surface area contributed by atoms with Crippen molar-refractivity contribution >= 4 is 33.4 Å². The van der Waals surface area contributed by atoms with Gasteiger partial charge in [0.2, 0.25) is 5.91 Å². The Morgan fingerprint density at radius 2 is 2.00 bits per heavy atom. The van der Waals surface area contributed by atoms with Crippen molar-refractivity contribution in [1.82, 2.24) is 15.0 Å². The summed E-state index contributed by atoms with van der Waals surface area (Å²) in [5.41, 5.74) is 4.89. The fourth-order valence-electron chi connectivity index (χ4n) is 3.39. The molecule has 3 aromatic heterocycles. The average Bonchev–Trinajstić information content (AvgIpc) is 3.35. The van der Waals surface area contributed by atoms with Crippen molar-refractivity contribution < 1.29 is 4.79 Å². The third-order valence-electron chi connectivity index (χ3n) is 4.84. The second kappa shape index (κ2) is 8.17. The van der Waals surface area contributed by atoms with Crippen LogP contribution in [0.25, 0.3) is 33.4 Å². The lowest BCUT2D eigenvalue weighted by Crippen LogP contribution is -2.31. The Morgan fingerprint density at radius 1 is 1.21 bits per heavy atom. The van der Waals surface area contributed by atoms with Gasteiger partial charge in [-0.15, -0.1) is 11.3 Å². The number of rotatable bonds is 6. The lowest BCUT2D eigenvalue weighted by Gasteiger charge is -2.18. The molecule has 0 atom stereocenters. The second-order valence-electron chi connectivity index (χ2n) is 7.44. The molecule has 0 fully saturated rings. The molecule has 1 amide bonds.